The highest BCUT2D eigenvalue weighted by Gasteiger charge is 2.28. The van der Waals surface area contributed by atoms with Gasteiger partial charge in [-0.2, -0.15) is 0 Å². The predicted molar refractivity (Wildman–Crippen MR) is 156 cm³/mol. The molecule has 0 heterocycles. The van der Waals surface area contributed by atoms with Gasteiger partial charge in [0, 0.05) is 27.7 Å². The first-order valence-electron chi connectivity index (χ1n) is 14.1. The summed E-state index contributed by atoms with van der Waals surface area (Å²) in [5, 5.41) is 7.83. The van der Waals surface area contributed by atoms with Crippen LogP contribution in [0.3, 0.4) is 0 Å². The lowest BCUT2D eigenvalue weighted by atomic mass is 9.75. The van der Waals surface area contributed by atoms with E-state index in [2.05, 4.69) is 60.7 Å². The van der Waals surface area contributed by atoms with Gasteiger partial charge >= 0.3 is 0 Å². The van der Waals surface area contributed by atoms with Crippen LogP contribution in [0, 0.1) is 0 Å². The van der Waals surface area contributed by atoms with Crippen molar-refractivity contribution in [1.29, 1.82) is 0 Å². The van der Waals surface area contributed by atoms with Crippen LogP contribution in [-0.2, 0) is 0 Å². The minimum Gasteiger partial charge on any atom is -0.398 e. The molecule has 0 radical (unpaired) electrons. The highest BCUT2D eigenvalue weighted by Crippen LogP contribution is 2.51. The largest absolute Gasteiger partial charge is 0.398 e. The quantitative estimate of drug-likeness (QED) is 0.203. The van der Waals surface area contributed by atoms with E-state index >= 15 is 0 Å². The summed E-state index contributed by atoms with van der Waals surface area (Å²) < 4.78 is 0. The van der Waals surface area contributed by atoms with Crippen LogP contribution < -0.4 is 11.5 Å². The van der Waals surface area contributed by atoms with E-state index in [1.54, 1.807) is 0 Å². The molecule has 0 aromatic heterocycles. The standard InChI is InChI=1S/C34H36N2/c35-29-20-28(21-10-4-1-5-11-21)24-16-19-27-33-26(18-17-25(29)32(24)33)30(22-12-6-2-7-13-22)31(34(27)36)23-14-8-3-9-15-23/h3,8-9,14-22H,1-2,4-7,10-13,35-36H2. The van der Waals surface area contributed by atoms with Crippen LogP contribution in [0.4, 0.5) is 11.4 Å². The van der Waals surface area contributed by atoms with E-state index < -0.39 is 0 Å². The Morgan fingerprint density at radius 3 is 1.86 bits per heavy atom. The normalized spacial score (nSPS) is 18.0. The fraction of sp³-hybridized carbons (Fsp3) is 0.353. The molecule has 36 heavy (non-hydrogen) atoms. The number of hydrogen-bond acceptors (Lipinski definition) is 2. The second kappa shape index (κ2) is 8.69. The molecular weight excluding hydrogens is 436 g/mol. The van der Waals surface area contributed by atoms with Crippen molar-refractivity contribution < 1.29 is 0 Å². The molecule has 2 aliphatic rings. The van der Waals surface area contributed by atoms with Crippen LogP contribution >= 0.6 is 0 Å². The van der Waals surface area contributed by atoms with E-state index in [0.29, 0.717) is 11.8 Å². The van der Waals surface area contributed by atoms with Crippen molar-refractivity contribution in [2.24, 2.45) is 0 Å². The number of hydrogen-bond donors (Lipinski definition) is 2. The van der Waals surface area contributed by atoms with Crippen molar-refractivity contribution in [1.82, 2.24) is 0 Å². The van der Waals surface area contributed by atoms with E-state index in [1.807, 2.05) is 0 Å². The lowest BCUT2D eigenvalue weighted by molar-refractivity contribution is 0.445. The maximum atomic E-state index is 7.16. The Bertz CT molecular complexity index is 1550. The van der Waals surface area contributed by atoms with E-state index in [-0.39, 0.29) is 0 Å². The molecule has 2 fully saturated rings. The molecule has 2 saturated carbocycles. The van der Waals surface area contributed by atoms with Gasteiger partial charge < -0.3 is 11.5 Å². The third kappa shape index (κ3) is 3.30. The second-order valence-electron chi connectivity index (χ2n) is 11.4. The van der Waals surface area contributed by atoms with E-state index in [0.717, 1.165) is 11.4 Å². The second-order valence-corrected chi connectivity index (χ2v) is 11.4. The van der Waals surface area contributed by atoms with Gasteiger partial charge in [0.1, 0.15) is 0 Å². The van der Waals surface area contributed by atoms with Crippen LogP contribution in [0.25, 0.3) is 43.4 Å². The van der Waals surface area contributed by atoms with Gasteiger partial charge in [0.25, 0.3) is 0 Å². The molecule has 0 saturated heterocycles. The summed E-state index contributed by atoms with van der Waals surface area (Å²) in [6, 6.07) is 22.4. The highest BCUT2D eigenvalue weighted by atomic mass is 14.6. The van der Waals surface area contributed by atoms with Gasteiger partial charge in [-0.05, 0) is 81.8 Å². The Balaban J connectivity index is 1.60. The summed E-state index contributed by atoms with van der Waals surface area (Å²) in [6.45, 7) is 0. The molecule has 0 bridgehead atoms. The SMILES string of the molecule is Nc1cc(C2CCCCC2)c2ccc3c(N)c(-c4ccccc4)c(C4CCCCC4)c4ccc1c2c34. The summed E-state index contributed by atoms with van der Waals surface area (Å²) in [7, 11) is 0. The van der Waals surface area contributed by atoms with Crippen molar-refractivity contribution in [3.8, 4) is 11.1 Å². The average Bonchev–Trinajstić information content (AvgIpc) is 2.94. The molecule has 5 aromatic carbocycles. The average molecular weight is 473 g/mol. The van der Waals surface area contributed by atoms with Gasteiger partial charge in [-0.25, -0.2) is 0 Å². The Morgan fingerprint density at radius 2 is 1.14 bits per heavy atom. The molecule has 0 atom stereocenters. The molecule has 2 nitrogen and oxygen atoms in total. The lowest BCUT2D eigenvalue weighted by Gasteiger charge is -2.30. The smallest absolute Gasteiger partial charge is 0.0476 e. The van der Waals surface area contributed by atoms with Crippen molar-refractivity contribution in [2.75, 3.05) is 11.5 Å². The van der Waals surface area contributed by atoms with Crippen LogP contribution in [0.15, 0.2) is 60.7 Å². The molecule has 2 heteroatoms. The fourth-order valence-corrected chi connectivity index (χ4v) is 7.65. The molecule has 2 aliphatic carbocycles. The van der Waals surface area contributed by atoms with Crippen molar-refractivity contribution in [3.05, 3.63) is 71.8 Å². The van der Waals surface area contributed by atoms with Crippen molar-refractivity contribution in [2.45, 2.75) is 76.0 Å². The molecule has 0 amide bonds. The monoisotopic (exact) mass is 472 g/mol. The van der Waals surface area contributed by atoms with Gasteiger partial charge in [0.15, 0.2) is 0 Å². The summed E-state index contributed by atoms with van der Waals surface area (Å²) >= 11 is 0. The molecule has 0 spiro atoms. The fourth-order valence-electron chi connectivity index (χ4n) is 7.65. The maximum absolute atomic E-state index is 7.16. The van der Waals surface area contributed by atoms with E-state index in [9.17, 15) is 0 Å². The number of benzene rings is 5. The Kier molecular flexibility index (Phi) is 5.31. The first-order chi connectivity index (χ1) is 17.7. The summed E-state index contributed by atoms with van der Waals surface area (Å²) in [5.41, 5.74) is 21.2. The van der Waals surface area contributed by atoms with Gasteiger partial charge in [-0.3, -0.25) is 0 Å². The number of rotatable bonds is 3. The summed E-state index contributed by atoms with van der Waals surface area (Å²) in [6.07, 6.45) is 13.0. The lowest BCUT2D eigenvalue weighted by Crippen LogP contribution is -2.10. The third-order valence-electron chi connectivity index (χ3n) is 9.33. The first-order valence-corrected chi connectivity index (χ1v) is 14.1. The van der Waals surface area contributed by atoms with Crippen LogP contribution in [0.5, 0.6) is 0 Å². The molecule has 7 rings (SSSR count). The van der Waals surface area contributed by atoms with Gasteiger partial charge in [0.05, 0.1) is 0 Å². The number of anilines is 2. The van der Waals surface area contributed by atoms with Gasteiger partial charge in [-0.1, -0.05) is 93.1 Å². The molecule has 5 aromatic rings. The Labute approximate surface area is 214 Å². The first kappa shape index (κ1) is 22.0. The van der Waals surface area contributed by atoms with Crippen LogP contribution in [0.2, 0.25) is 0 Å². The predicted octanol–water partition coefficient (Wildman–Crippen LogP) is 9.51. The van der Waals surface area contributed by atoms with Crippen LogP contribution in [-0.4, -0.2) is 0 Å². The van der Waals surface area contributed by atoms with Crippen molar-refractivity contribution >= 4 is 43.7 Å². The van der Waals surface area contributed by atoms with Gasteiger partial charge in [0.2, 0.25) is 0 Å². The molecule has 4 N–H and O–H groups in total. The molecular formula is C34H36N2. The molecule has 0 aliphatic heterocycles. The van der Waals surface area contributed by atoms with Crippen molar-refractivity contribution in [3.63, 3.8) is 0 Å². The zero-order chi connectivity index (χ0) is 24.2. The third-order valence-corrected chi connectivity index (χ3v) is 9.33. The van der Waals surface area contributed by atoms with Crippen LogP contribution in [0.1, 0.15) is 87.2 Å². The minimum absolute atomic E-state index is 0.552. The maximum Gasteiger partial charge on any atom is 0.0476 e. The zero-order valence-corrected chi connectivity index (χ0v) is 21.2. The number of nitrogens with two attached hydrogens (primary N) is 2. The Morgan fingerprint density at radius 1 is 0.556 bits per heavy atom. The highest BCUT2D eigenvalue weighted by molar-refractivity contribution is 6.29. The number of nitrogen functional groups attached to an aromatic ring is 2. The summed E-state index contributed by atoms with van der Waals surface area (Å²) in [5.74, 6) is 1.16. The Hall–Kier alpha value is -3.26. The van der Waals surface area contributed by atoms with E-state index in [1.165, 1.54) is 119 Å². The van der Waals surface area contributed by atoms with Gasteiger partial charge in [-0.15, -0.1) is 0 Å². The molecule has 182 valence electrons. The zero-order valence-electron chi connectivity index (χ0n) is 21.2. The topological polar surface area (TPSA) is 52.0 Å². The minimum atomic E-state index is 0.552. The van der Waals surface area contributed by atoms with E-state index in [4.69, 9.17) is 11.5 Å². The molecule has 0 unspecified atom stereocenters. The summed E-state index contributed by atoms with van der Waals surface area (Å²) in [4.78, 5) is 0.